The van der Waals surface area contributed by atoms with Crippen molar-refractivity contribution in [3.05, 3.63) is 0 Å². The van der Waals surface area contributed by atoms with Crippen molar-refractivity contribution in [1.82, 2.24) is 15.5 Å². The van der Waals surface area contributed by atoms with Crippen LogP contribution in [0.1, 0.15) is 45.4 Å². The Bertz CT molecular complexity index is 327. The molecule has 1 saturated heterocycles. The number of nitrogens with one attached hydrogen (secondary N) is 2. The van der Waals surface area contributed by atoms with Crippen LogP contribution in [0.25, 0.3) is 0 Å². The molecule has 2 aliphatic rings. The Balaban J connectivity index is 1.62. The van der Waals surface area contributed by atoms with Gasteiger partial charge in [-0.15, -0.1) is 0 Å². The van der Waals surface area contributed by atoms with Crippen LogP contribution in [0.2, 0.25) is 0 Å². The quantitative estimate of drug-likeness (QED) is 0.742. The van der Waals surface area contributed by atoms with E-state index in [9.17, 15) is 9.59 Å². The van der Waals surface area contributed by atoms with Gasteiger partial charge in [0.2, 0.25) is 11.8 Å². The Morgan fingerprint density at radius 1 is 1.37 bits per heavy atom. The van der Waals surface area contributed by atoms with E-state index in [-0.39, 0.29) is 17.9 Å². The van der Waals surface area contributed by atoms with Crippen LogP contribution in [0.4, 0.5) is 0 Å². The highest BCUT2D eigenvalue weighted by Gasteiger charge is 2.22. The van der Waals surface area contributed by atoms with Gasteiger partial charge in [0.1, 0.15) is 0 Å². The first-order valence-corrected chi connectivity index (χ1v) is 7.45. The highest BCUT2D eigenvalue weighted by atomic mass is 16.2. The Morgan fingerprint density at radius 2 is 2.11 bits per heavy atom. The monoisotopic (exact) mass is 267 g/mol. The molecule has 2 fully saturated rings. The zero-order chi connectivity index (χ0) is 13.7. The third kappa shape index (κ3) is 4.49. The molecule has 0 aromatic heterocycles. The third-order valence-electron chi connectivity index (χ3n) is 3.98. The van der Waals surface area contributed by atoms with E-state index in [1.165, 1.54) is 25.7 Å². The zero-order valence-electron chi connectivity index (χ0n) is 11.8. The van der Waals surface area contributed by atoms with Crippen LogP contribution in [0.5, 0.6) is 0 Å². The molecule has 108 valence electrons. The molecule has 2 amide bonds. The molecule has 19 heavy (non-hydrogen) atoms. The molecule has 0 radical (unpaired) electrons. The fraction of sp³-hybridized carbons (Fsp3) is 0.857. The molecular formula is C14H25N3O2. The zero-order valence-corrected chi connectivity index (χ0v) is 11.8. The van der Waals surface area contributed by atoms with E-state index in [0.29, 0.717) is 25.6 Å². The SMILES string of the molecule is CC(CN1CCCC1=O)NC(=O)CNC1CCCC1. The molecule has 2 N–H and O–H groups in total. The van der Waals surface area contributed by atoms with Crippen LogP contribution in [0.15, 0.2) is 0 Å². The predicted octanol–water partition coefficient (Wildman–Crippen LogP) is 0.646. The van der Waals surface area contributed by atoms with Crippen LogP contribution in [0.3, 0.4) is 0 Å². The van der Waals surface area contributed by atoms with Gasteiger partial charge in [-0.2, -0.15) is 0 Å². The van der Waals surface area contributed by atoms with E-state index in [2.05, 4.69) is 10.6 Å². The van der Waals surface area contributed by atoms with Gasteiger partial charge in [0.05, 0.1) is 6.54 Å². The second-order valence-corrected chi connectivity index (χ2v) is 5.77. The Hall–Kier alpha value is -1.10. The molecule has 1 aliphatic carbocycles. The molecule has 1 heterocycles. The standard InChI is InChI=1S/C14H25N3O2/c1-11(10-17-8-4-7-14(17)19)16-13(18)9-15-12-5-2-3-6-12/h11-12,15H,2-10H2,1H3,(H,16,18). The lowest BCUT2D eigenvalue weighted by Gasteiger charge is -2.22. The first kappa shape index (κ1) is 14.3. The normalized spacial score (nSPS) is 21.9. The van der Waals surface area contributed by atoms with Gasteiger partial charge in [0.25, 0.3) is 0 Å². The van der Waals surface area contributed by atoms with E-state index in [4.69, 9.17) is 0 Å². The van der Waals surface area contributed by atoms with Crippen molar-refractivity contribution < 1.29 is 9.59 Å². The van der Waals surface area contributed by atoms with E-state index < -0.39 is 0 Å². The molecule has 0 aromatic rings. The first-order valence-electron chi connectivity index (χ1n) is 7.45. The van der Waals surface area contributed by atoms with Crippen LogP contribution in [-0.4, -0.2) is 48.4 Å². The molecule has 1 atom stereocenters. The number of rotatable bonds is 6. The molecule has 5 heteroatoms. The Kier molecular flexibility index (Phi) is 5.19. The highest BCUT2D eigenvalue weighted by molar-refractivity contribution is 5.79. The van der Waals surface area contributed by atoms with Gasteiger partial charge < -0.3 is 15.5 Å². The van der Waals surface area contributed by atoms with Crippen LogP contribution < -0.4 is 10.6 Å². The number of likely N-dealkylation sites (tertiary alicyclic amines) is 1. The molecule has 0 aromatic carbocycles. The average Bonchev–Trinajstić information content (AvgIpc) is 2.99. The fourth-order valence-corrected chi connectivity index (χ4v) is 2.97. The van der Waals surface area contributed by atoms with Gasteiger partial charge in [0.15, 0.2) is 0 Å². The van der Waals surface area contributed by atoms with Crippen molar-refractivity contribution in [2.45, 2.75) is 57.5 Å². The van der Waals surface area contributed by atoms with Gasteiger partial charge in [0, 0.05) is 31.6 Å². The number of hydrogen-bond acceptors (Lipinski definition) is 3. The lowest BCUT2D eigenvalue weighted by Crippen LogP contribution is -2.46. The second-order valence-electron chi connectivity index (χ2n) is 5.77. The number of amides is 2. The first-order chi connectivity index (χ1) is 9.15. The summed E-state index contributed by atoms with van der Waals surface area (Å²) in [6.07, 6.45) is 6.52. The van der Waals surface area contributed by atoms with Gasteiger partial charge in [-0.3, -0.25) is 9.59 Å². The largest absolute Gasteiger partial charge is 0.351 e. The lowest BCUT2D eigenvalue weighted by atomic mass is 10.2. The van der Waals surface area contributed by atoms with Gasteiger partial charge in [-0.1, -0.05) is 12.8 Å². The van der Waals surface area contributed by atoms with E-state index >= 15 is 0 Å². The van der Waals surface area contributed by atoms with Gasteiger partial charge in [-0.05, 0) is 26.2 Å². The maximum atomic E-state index is 11.8. The molecular weight excluding hydrogens is 242 g/mol. The van der Waals surface area contributed by atoms with Crippen molar-refractivity contribution in [1.29, 1.82) is 0 Å². The minimum absolute atomic E-state index is 0.0277. The number of carbonyl (C=O) groups is 2. The summed E-state index contributed by atoms with van der Waals surface area (Å²) in [4.78, 5) is 25.1. The van der Waals surface area contributed by atoms with Crippen molar-refractivity contribution in [3.8, 4) is 0 Å². The summed E-state index contributed by atoms with van der Waals surface area (Å²) in [7, 11) is 0. The highest BCUT2D eigenvalue weighted by Crippen LogP contribution is 2.17. The lowest BCUT2D eigenvalue weighted by molar-refractivity contribution is -0.128. The molecule has 2 rings (SSSR count). The second kappa shape index (κ2) is 6.89. The van der Waals surface area contributed by atoms with Crippen molar-refractivity contribution in [2.24, 2.45) is 0 Å². The number of hydrogen-bond donors (Lipinski definition) is 2. The summed E-state index contributed by atoms with van der Waals surface area (Å²) in [5.74, 6) is 0.247. The Morgan fingerprint density at radius 3 is 2.74 bits per heavy atom. The van der Waals surface area contributed by atoms with Gasteiger partial charge >= 0.3 is 0 Å². The smallest absolute Gasteiger partial charge is 0.234 e. The van der Waals surface area contributed by atoms with Crippen LogP contribution >= 0.6 is 0 Å². The van der Waals surface area contributed by atoms with Crippen molar-refractivity contribution in [3.63, 3.8) is 0 Å². The topological polar surface area (TPSA) is 61.4 Å². The maximum absolute atomic E-state index is 11.8. The summed E-state index contributed by atoms with van der Waals surface area (Å²) in [6.45, 7) is 3.81. The molecule has 0 spiro atoms. The van der Waals surface area contributed by atoms with Crippen molar-refractivity contribution in [2.75, 3.05) is 19.6 Å². The summed E-state index contributed by atoms with van der Waals surface area (Å²) in [5.41, 5.74) is 0. The van der Waals surface area contributed by atoms with Crippen molar-refractivity contribution >= 4 is 11.8 Å². The summed E-state index contributed by atoms with van der Waals surface area (Å²) >= 11 is 0. The summed E-state index contributed by atoms with van der Waals surface area (Å²) in [6, 6.07) is 0.543. The Labute approximate surface area is 115 Å². The fourth-order valence-electron chi connectivity index (χ4n) is 2.97. The predicted molar refractivity (Wildman–Crippen MR) is 73.7 cm³/mol. The van der Waals surface area contributed by atoms with Gasteiger partial charge in [-0.25, -0.2) is 0 Å². The number of nitrogens with zero attached hydrogens (tertiary/aromatic N) is 1. The minimum atomic E-state index is 0.0277. The molecule has 1 unspecified atom stereocenters. The molecule has 5 nitrogen and oxygen atoms in total. The van der Waals surface area contributed by atoms with Crippen LogP contribution in [0, 0.1) is 0 Å². The number of carbonyl (C=O) groups excluding carboxylic acids is 2. The van der Waals surface area contributed by atoms with E-state index in [1.54, 1.807) is 0 Å². The molecule has 1 saturated carbocycles. The van der Waals surface area contributed by atoms with E-state index in [1.807, 2.05) is 11.8 Å². The van der Waals surface area contributed by atoms with Crippen LogP contribution in [-0.2, 0) is 9.59 Å². The summed E-state index contributed by atoms with van der Waals surface area (Å²) < 4.78 is 0. The third-order valence-corrected chi connectivity index (χ3v) is 3.98. The molecule has 1 aliphatic heterocycles. The summed E-state index contributed by atoms with van der Waals surface area (Å²) in [5, 5.41) is 6.25. The van der Waals surface area contributed by atoms with E-state index in [0.717, 1.165) is 13.0 Å². The average molecular weight is 267 g/mol. The maximum Gasteiger partial charge on any atom is 0.234 e. The molecule has 0 bridgehead atoms. The minimum Gasteiger partial charge on any atom is -0.351 e.